The fraction of sp³-hybridized carbons (Fsp3) is 0.400. The predicted octanol–water partition coefficient (Wildman–Crippen LogP) is 9.10. The Balaban J connectivity index is 0.000000501. The molecule has 41 heavy (non-hydrogen) atoms. The van der Waals surface area contributed by atoms with Gasteiger partial charge in [-0.15, -0.1) is 0 Å². The van der Waals surface area contributed by atoms with E-state index in [1.54, 1.807) is 12.1 Å². The number of hydrogen-bond donors (Lipinski definition) is 1. The van der Waals surface area contributed by atoms with Crippen LogP contribution in [-0.2, 0) is 11.2 Å². The van der Waals surface area contributed by atoms with E-state index in [0.717, 1.165) is 35.3 Å². The Morgan fingerprint density at radius 1 is 0.951 bits per heavy atom. The third-order valence-corrected chi connectivity index (χ3v) is 5.99. The number of carboxylic acid groups (broad SMARTS) is 1. The van der Waals surface area contributed by atoms with Crippen molar-refractivity contribution in [1.29, 1.82) is 0 Å². The van der Waals surface area contributed by atoms with E-state index < -0.39 is 5.97 Å². The Labute approximate surface area is 246 Å². The van der Waals surface area contributed by atoms with Gasteiger partial charge in [0.15, 0.2) is 5.78 Å². The number of Topliss-reactive ketones (excluding diaryl/α,β-unsaturated/α-hetero) is 1. The van der Waals surface area contributed by atoms with E-state index in [-0.39, 0.29) is 12.2 Å². The van der Waals surface area contributed by atoms with Crippen molar-refractivity contribution in [2.45, 2.75) is 93.4 Å². The number of allylic oxidation sites excluding steroid dienone is 6. The Kier molecular flexibility index (Phi) is 16.4. The molecule has 0 bridgehead atoms. The number of pyridine rings is 1. The SMILES string of the molecule is CC.CC.CC(=O)c1ccc2nc(C3=CCC=CC=C3)c(CCCCC(=O)O)nc2c1.Cc1ccc(C(C)C)nc1. The molecule has 1 N–H and O–H groups in total. The molecule has 1 aromatic carbocycles. The van der Waals surface area contributed by atoms with Gasteiger partial charge in [0.1, 0.15) is 0 Å². The van der Waals surface area contributed by atoms with Crippen LogP contribution in [0.15, 0.2) is 66.9 Å². The fourth-order valence-corrected chi connectivity index (χ4v) is 3.86. The lowest BCUT2D eigenvalue weighted by atomic mass is 10.0. The molecule has 0 fully saturated rings. The molecular formula is C35H47N3O3. The van der Waals surface area contributed by atoms with Gasteiger partial charge in [-0.05, 0) is 80.9 Å². The van der Waals surface area contributed by atoms with Crippen molar-refractivity contribution >= 4 is 28.4 Å². The number of ketones is 1. The summed E-state index contributed by atoms with van der Waals surface area (Å²) in [6.07, 6.45) is 15.0. The second-order valence-electron chi connectivity index (χ2n) is 9.48. The first-order valence-corrected chi connectivity index (χ1v) is 14.7. The maximum absolute atomic E-state index is 11.7. The molecule has 220 valence electrons. The molecule has 0 unspecified atom stereocenters. The summed E-state index contributed by atoms with van der Waals surface area (Å²) in [5.74, 6) is -0.252. The van der Waals surface area contributed by atoms with Gasteiger partial charge in [0.2, 0.25) is 0 Å². The first-order valence-electron chi connectivity index (χ1n) is 14.7. The second-order valence-corrected chi connectivity index (χ2v) is 9.48. The lowest BCUT2D eigenvalue weighted by Crippen LogP contribution is -2.04. The number of aryl methyl sites for hydroxylation is 2. The molecule has 6 nitrogen and oxygen atoms in total. The first-order chi connectivity index (χ1) is 19.7. The van der Waals surface area contributed by atoms with Crippen molar-refractivity contribution in [2.24, 2.45) is 0 Å². The molecule has 0 aliphatic heterocycles. The third-order valence-electron chi connectivity index (χ3n) is 5.99. The van der Waals surface area contributed by atoms with Crippen molar-refractivity contribution < 1.29 is 14.7 Å². The Bertz CT molecular complexity index is 1340. The standard InChI is InChI=1S/C22H22N2O3.C9H13N.2C2H6/c1-15(25)17-12-13-18-20(14-17)23-19(10-6-7-11-21(26)27)22(24-18)16-8-4-2-3-5-9-16;1-7(2)9-5-4-8(3)6-10-9;2*1-2/h2-4,8-9,12-14H,5-7,10-11H2,1H3,(H,26,27);4-7H,1-3H3;2*1-2H3. The molecule has 0 atom stereocenters. The highest BCUT2D eigenvalue weighted by atomic mass is 16.4. The summed E-state index contributed by atoms with van der Waals surface area (Å²) < 4.78 is 0. The van der Waals surface area contributed by atoms with Crippen LogP contribution >= 0.6 is 0 Å². The van der Waals surface area contributed by atoms with Crippen LogP contribution < -0.4 is 0 Å². The molecule has 0 amide bonds. The van der Waals surface area contributed by atoms with Crippen LogP contribution in [0.5, 0.6) is 0 Å². The van der Waals surface area contributed by atoms with E-state index in [1.165, 1.54) is 18.2 Å². The topological polar surface area (TPSA) is 93.0 Å². The third kappa shape index (κ3) is 12.0. The average molecular weight is 558 g/mol. The number of carboxylic acids is 1. The molecule has 0 radical (unpaired) electrons. The molecule has 6 heteroatoms. The van der Waals surface area contributed by atoms with Crippen LogP contribution in [0.1, 0.15) is 113 Å². The molecular weight excluding hydrogens is 510 g/mol. The smallest absolute Gasteiger partial charge is 0.303 e. The normalized spacial score (nSPS) is 11.7. The average Bonchev–Trinajstić information content (AvgIpc) is 3.27. The van der Waals surface area contributed by atoms with Crippen LogP contribution in [0.2, 0.25) is 0 Å². The van der Waals surface area contributed by atoms with E-state index in [2.05, 4.69) is 50.0 Å². The first kappa shape index (κ1) is 35.1. The van der Waals surface area contributed by atoms with Gasteiger partial charge in [-0.1, -0.05) is 78.0 Å². The zero-order chi connectivity index (χ0) is 30.8. The number of carbonyl (C=O) groups excluding carboxylic acids is 1. The van der Waals surface area contributed by atoms with Gasteiger partial charge >= 0.3 is 5.97 Å². The number of benzene rings is 1. The van der Waals surface area contributed by atoms with Crippen LogP contribution in [0.25, 0.3) is 16.6 Å². The zero-order valence-electron chi connectivity index (χ0n) is 26.1. The second kappa shape index (κ2) is 19.2. The van der Waals surface area contributed by atoms with Crippen molar-refractivity contribution in [3.05, 3.63) is 95.1 Å². The number of aliphatic carboxylic acids is 1. The van der Waals surface area contributed by atoms with Crippen LogP contribution in [0.4, 0.5) is 0 Å². The summed E-state index contributed by atoms with van der Waals surface area (Å²) in [6.45, 7) is 15.9. The minimum atomic E-state index is -0.786. The van der Waals surface area contributed by atoms with Gasteiger partial charge in [0, 0.05) is 23.9 Å². The highest BCUT2D eigenvalue weighted by Gasteiger charge is 2.13. The van der Waals surface area contributed by atoms with Crippen LogP contribution in [0.3, 0.4) is 0 Å². The summed E-state index contributed by atoms with van der Waals surface area (Å²) in [5.41, 5.74) is 7.12. The predicted molar refractivity (Wildman–Crippen MR) is 171 cm³/mol. The number of nitrogens with zero attached hydrogens (tertiary/aromatic N) is 3. The minimum absolute atomic E-state index is 0.00808. The zero-order valence-corrected chi connectivity index (χ0v) is 26.1. The molecule has 3 aromatic rings. The van der Waals surface area contributed by atoms with Gasteiger partial charge in [-0.3, -0.25) is 14.6 Å². The van der Waals surface area contributed by atoms with E-state index in [0.29, 0.717) is 29.8 Å². The summed E-state index contributed by atoms with van der Waals surface area (Å²) in [4.78, 5) is 36.3. The highest BCUT2D eigenvalue weighted by Crippen LogP contribution is 2.25. The molecule has 1 aliphatic rings. The number of hydrogen-bond acceptors (Lipinski definition) is 5. The number of fused-ring (bicyclic) bond motifs is 1. The molecule has 0 saturated carbocycles. The number of unbranched alkanes of at least 4 members (excludes halogenated alkanes) is 1. The molecule has 0 saturated heterocycles. The van der Waals surface area contributed by atoms with E-state index in [1.807, 2.05) is 58.2 Å². The molecule has 2 aromatic heterocycles. The fourth-order valence-electron chi connectivity index (χ4n) is 3.86. The van der Waals surface area contributed by atoms with Crippen LogP contribution in [-0.4, -0.2) is 31.8 Å². The quantitative estimate of drug-likeness (QED) is 0.219. The van der Waals surface area contributed by atoms with Gasteiger partial charge in [0.05, 0.1) is 22.4 Å². The van der Waals surface area contributed by atoms with E-state index in [9.17, 15) is 9.59 Å². The minimum Gasteiger partial charge on any atom is -0.481 e. The molecule has 0 spiro atoms. The van der Waals surface area contributed by atoms with Gasteiger partial charge in [-0.2, -0.15) is 0 Å². The summed E-state index contributed by atoms with van der Waals surface area (Å²) >= 11 is 0. The van der Waals surface area contributed by atoms with E-state index in [4.69, 9.17) is 15.1 Å². The monoisotopic (exact) mass is 557 g/mol. The Hall–Kier alpha value is -3.93. The van der Waals surface area contributed by atoms with Gasteiger partial charge < -0.3 is 5.11 Å². The maximum Gasteiger partial charge on any atom is 0.303 e. The maximum atomic E-state index is 11.7. The summed E-state index contributed by atoms with van der Waals surface area (Å²) in [6, 6.07) is 9.56. The highest BCUT2D eigenvalue weighted by molar-refractivity contribution is 5.97. The number of carbonyl (C=O) groups is 2. The van der Waals surface area contributed by atoms with E-state index >= 15 is 0 Å². The number of aromatic nitrogens is 3. The summed E-state index contributed by atoms with van der Waals surface area (Å²) in [7, 11) is 0. The van der Waals surface area contributed by atoms with Gasteiger partial charge in [0.25, 0.3) is 0 Å². The van der Waals surface area contributed by atoms with Crippen molar-refractivity contribution in [3.8, 4) is 0 Å². The Morgan fingerprint density at radius 2 is 1.68 bits per heavy atom. The van der Waals surface area contributed by atoms with Crippen molar-refractivity contribution in [3.63, 3.8) is 0 Å². The number of rotatable bonds is 8. The van der Waals surface area contributed by atoms with Gasteiger partial charge in [-0.25, -0.2) is 9.97 Å². The Morgan fingerprint density at radius 3 is 2.29 bits per heavy atom. The molecule has 2 heterocycles. The lowest BCUT2D eigenvalue weighted by Gasteiger charge is -2.11. The van der Waals surface area contributed by atoms with Crippen molar-refractivity contribution in [1.82, 2.24) is 15.0 Å². The lowest BCUT2D eigenvalue weighted by molar-refractivity contribution is -0.137. The van der Waals surface area contributed by atoms with Crippen LogP contribution in [0, 0.1) is 6.92 Å². The largest absolute Gasteiger partial charge is 0.481 e. The summed E-state index contributed by atoms with van der Waals surface area (Å²) in [5, 5.41) is 8.84. The molecule has 4 rings (SSSR count). The van der Waals surface area contributed by atoms with Crippen molar-refractivity contribution in [2.75, 3.05) is 0 Å². The molecule has 1 aliphatic carbocycles.